The fourth-order valence-corrected chi connectivity index (χ4v) is 1.70. The summed E-state index contributed by atoms with van der Waals surface area (Å²) >= 11 is 11.9. The van der Waals surface area contributed by atoms with Crippen LogP contribution in [0.15, 0.2) is 18.2 Å². The minimum absolute atomic E-state index is 0.00926. The van der Waals surface area contributed by atoms with Crippen molar-refractivity contribution in [3.63, 3.8) is 0 Å². The van der Waals surface area contributed by atoms with Crippen molar-refractivity contribution in [1.29, 1.82) is 0 Å². The van der Waals surface area contributed by atoms with Gasteiger partial charge in [-0.2, -0.15) is 0 Å². The van der Waals surface area contributed by atoms with Gasteiger partial charge in [0.25, 0.3) is 0 Å². The highest BCUT2D eigenvalue weighted by Crippen LogP contribution is 2.20. The van der Waals surface area contributed by atoms with Gasteiger partial charge in [-0.15, -0.1) is 0 Å². The van der Waals surface area contributed by atoms with E-state index in [1.54, 1.807) is 18.2 Å². The van der Waals surface area contributed by atoms with E-state index in [4.69, 9.17) is 23.2 Å². The Bertz CT molecular complexity index is 383. The predicted molar refractivity (Wildman–Crippen MR) is 71.5 cm³/mol. The van der Waals surface area contributed by atoms with Gasteiger partial charge in [-0.1, -0.05) is 30.1 Å². The van der Waals surface area contributed by atoms with Crippen molar-refractivity contribution in [3.8, 4) is 0 Å². The second-order valence-corrected chi connectivity index (χ2v) is 4.53. The summed E-state index contributed by atoms with van der Waals surface area (Å²) in [4.78, 5) is 11.3. The van der Waals surface area contributed by atoms with E-state index in [2.05, 4.69) is 10.6 Å². The van der Waals surface area contributed by atoms with Crippen molar-refractivity contribution in [2.75, 3.05) is 13.1 Å². The van der Waals surface area contributed by atoms with Gasteiger partial charge >= 0.3 is 0 Å². The number of halogens is 2. The molecule has 3 nitrogen and oxygen atoms in total. The maximum absolute atomic E-state index is 11.3. The first-order chi connectivity index (χ1) is 8.13. The summed E-state index contributed by atoms with van der Waals surface area (Å²) in [7, 11) is 0. The second kappa shape index (κ2) is 7.54. The number of benzene rings is 1. The molecule has 0 aromatic heterocycles. The molecule has 1 amide bonds. The van der Waals surface area contributed by atoms with E-state index < -0.39 is 0 Å². The van der Waals surface area contributed by atoms with Crippen LogP contribution in [0.4, 0.5) is 0 Å². The highest BCUT2D eigenvalue weighted by atomic mass is 35.5. The van der Waals surface area contributed by atoms with Crippen LogP contribution in [0.5, 0.6) is 0 Å². The summed E-state index contributed by atoms with van der Waals surface area (Å²) < 4.78 is 0. The molecule has 0 aliphatic rings. The lowest BCUT2D eigenvalue weighted by molar-refractivity contribution is -0.120. The van der Waals surface area contributed by atoms with Crippen LogP contribution in [-0.2, 0) is 11.3 Å². The number of carbonyl (C=O) groups excluding carboxylic acids is 1. The van der Waals surface area contributed by atoms with Crippen molar-refractivity contribution in [2.24, 2.45) is 0 Å². The number of amides is 1. The van der Waals surface area contributed by atoms with Gasteiger partial charge < -0.3 is 10.6 Å². The Morgan fingerprint density at radius 3 is 2.82 bits per heavy atom. The van der Waals surface area contributed by atoms with E-state index >= 15 is 0 Å². The average molecular weight is 275 g/mol. The Morgan fingerprint density at radius 2 is 2.12 bits per heavy atom. The highest BCUT2D eigenvalue weighted by Gasteiger charge is 2.03. The van der Waals surface area contributed by atoms with E-state index in [-0.39, 0.29) is 12.5 Å². The van der Waals surface area contributed by atoms with Crippen molar-refractivity contribution in [2.45, 2.75) is 19.9 Å². The molecule has 17 heavy (non-hydrogen) atoms. The number of carbonyl (C=O) groups is 1. The maximum atomic E-state index is 11.3. The molecule has 0 bridgehead atoms. The first kappa shape index (κ1) is 14.3. The standard InChI is InChI=1S/C12H16Cl2N2O/c1-2-5-16-12(17)8-15-7-9-6-10(13)3-4-11(9)14/h3-4,6,15H,2,5,7-8H2,1H3,(H,16,17). The molecule has 0 saturated heterocycles. The lowest BCUT2D eigenvalue weighted by Crippen LogP contribution is -2.33. The first-order valence-corrected chi connectivity index (χ1v) is 6.30. The van der Waals surface area contributed by atoms with Crippen LogP contribution in [0.2, 0.25) is 10.0 Å². The van der Waals surface area contributed by atoms with Crippen molar-refractivity contribution in [3.05, 3.63) is 33.8 Å². The van der Waals surface area contributed by atoms with Crippen LogP contribution in [-0.4, -0.2) is 19.0 Å². The topological polar surface area (TPSA) is 41.1 Å². The molecule has 5 heteroatoms. The monoisotopic (exact) mass is 274 g/mol. The van der Waals surface area contributed by atoms with Crippen LogP contribution in [0.25, 0.3) is 0 Å². The van der Waals surface area contributed by atoms with E-state index in [0.717, 1.165) is 12.0 Å². The van der Waals surface area contributed by atoms with Crippen LogP contribution >= 0.6 is 23.2 Å². The molecule has 1 aromatic rings. The fraction of sp³-hybridized carbons (Fsp3) is 0.417. The summed E-state index contributed by atoms with van der Waals surface area (Å²) in [5.74, 6) is -0.00926. The Balaban J connectivity index is 2.35. The Labute approximate surface area is 111 Å². The third-order valence-corrected chi connectivity index (χ3v) is 2.78. The summed E-state index contributed by atoms with van der Waals surface area (Å²) in [5.41, 5.74) is 0.891. The van der Waals surface area contributed by atoms with Gasteiger partial charge in [0.15, 0.2) is 0 Å². The predicted octanol–water partition coefficient (Wildman–Crippen LogP) is 2.61. The number of hydrogen-bond donors (Lipinski definition) is 2. The molecule has 0 heterocycles. The van der Waals surface area contributed by atoms with Gasteiger partial charge in [0.2, 0.25) is 5.91 Å². The minimum Gasteiger partial charge on any atom is -0.355 e. The summed E-state index contributed by atoms with van der Waals surface area (Å²) in [6.07, 6.45) is 0.936. The molecule has 0 fully saturated rings. The maximum Gasteiger partial charge on any atom is 0.233 e. The van der Waals surface area contributed by atoms with Gasteiger partial charge in [-0.3, -0.25) is 4.79 Å². The molecular weight excluding hydrogens is 259 g/mol. The molecular formula is C12H16Cl2N2O. The van der Waals surface area contributed by atoms with Crippen LogP contribution in [0.3, 0.4) is 0 Å². The Morgan fingerprint density at radius 1 is 1.35 bits per heavy atom. The smallest absolute Gasteiger partial charge is 0.233 e. The quantitative estimate of drug-likeness (QED) is 0.838. The molecule has 1 aromatic carbocycles. The first-order valence-electron chi connectivity index (χ1n) is 5.54. The van der Waals surface area contributed by atoms with Gasteiger partial charge in [0.1, 0.15) is 0 Å². The van der Waals surface area contributed by atoms with Crippen molar-refractivity contribution >= 4 is 29.1 Å². The molecule has 0 atom stereocenters. The number of hydrogen-bond acceptors (Lipinski definition) is 2. The molecule has 94 valence electrons. The van der Waals surface area contributed by atoms with E-state index in [9.17, 15) is 4.79 Å². The highest BCUT2D eigenvalue weighted by molar-refractivity contribution is 6.33. The number of nitrogens with one attached hydrogen (secondary N) is 2. The Kier molecular flexibility index (Phi) is 6.34. The summed E-state index contributed by atoms with van der Waals surface area (Å²) in [6, 6.07) is 5.28. The third-order valence-electron chi connectivity index (χ3n) is 2.18. The largest absolute Gasteiger partial charge is 0.355 e. The minimum atomic E-state index is -0.00926. The normalized spacial score (nSPS) is 10.3. The SMILES string of the molecule is CCCNC(=O)CNCc1cc(Cl)ccc1Cl. The Hall–Kier alpha value is -0.770. The molecule has 0 aliphatic heterocycles. The van der Waals surface area contributed by atoms with Crippen LogP contribution < -0.4 is 10.6 Å². The lowest BCUT2D eigenvalue weighted by Gasteiger charge is -2.07. The number of rotatable bonds is 6. The van der Waals surface area contributed by atoms with Crippen LogP contribution in [0.1, 0.15) is 18.9 Å². The molecule has 1 rings (SSSR count). The molecule has 0 unspecified atom stereocenters. The molecule has 0 radical (unpaired) electrons. The van der Waals surface area contributed by atoms with E-state index in [0.29, 0.717) is 23.1 Å². The van der Waals surface area contributed by atoms with Crippen molar-refractivity contribution < 1.29 is 4.79 Å². The van der Waals surface area contributed by atoms with Crippen molar-refractivity contribution in [1.82, 2.24) is 10.6 Å². The van der Waals surface area contributed by atoms with Gasteiger partial charge in [-0.25, -0.2) is 0 Å². The molecule has 2 N–H and O–H groups in total. The fourth-order valence-electron chi connectivity index (χ4n) is 1.32. The van der Waals surface area contributed by atoms with E-state index in [1.165, 1.54) is 0 Å². The third kappa shape index (κ3) is 5.39. The van der Waals surface area contributed by atoms with Gasteiger partial charge in [0, 0.05) is 23.1 Å². The summed E-state index contributed by atoms with van der Waals surface area (Å²) in [5, 5.41) is 7.10. The average Bonchev–Trinajstić information content (AvgIpc) is 2.31. The molecule has 0 aliphatic carbocycles. The zero-order chi connectivity index (χ0) is 12.7. The zero-order valence-corrected chi connectivity index (χ0v) is 11.2. The van der Waals surface area contributed by atoms with Crippen LogP contribution in [0, 0.1) is 0 Å². The molecule has 0 spiro atoms. The van der Waals surface area contributed by atoms with Gasteiger partial charge in [-0.05, 0) is 30.2 Å². The zero-order valence-electron chi connectivity index (χ0n) is 9.72. The van der Waals surface area contributed by atoms with Gasteiger partial charge in [0.05, 0.1) is 6.54 Å². The lowest BCUT2D eigenvalue weighted by atomic mass is 10.2. The summed E-state index contributed by atoms with van der Waals surface area (Å²) in [6.45, 7) is 3.53. The molecule has 0 saturated carbocycles. The second-order valence-electron chi connectivity index (χ2n) is 3.69. The van der Waals surface area contributed by atoms with E-state index in [1.807, 2.05) is 6.92 Å².